The normalized spacial score (nSPS) is 16.3. The van der Waals surface area contributed by atoms with Gasteiger partial charge in [-0.25, -0.2) is 13.2 Å². The van der Waals surface area contributed by atoms with Gasteiger partial charge in [0, 0.05) is 23.0 Å². The first-order chi connectivity index (χ1) is 12.0. The molecule has 0 saturated carbocycles. The van der Waals surface area contributed by atoms with Crippen molar-refractivity contribution in [3.63, 3.8) is 0 Å². The molecule has 25 heavy (non-hydrogen) atoms. The fourth-order valence-corrected chi connectivity index (χ4v) is 3.86. The summed E-state index contributed by atoms with van der Waals surface area (Å²) in [5, 5.41) is 0. The highest BCUT2D eigenvalue weighted by Crippen LogP contribution is 2.22. The predicted octanol–water partition coefficient (Wildman–Crippen LogP) is 2.73. The van der Waals surface area contributed by atoms with Gasteiger partial charge in [-0.2, -0.15) is 0 Å². The number of hydrogen-bond donors (Lipinski definition) is 1. The van der Waals surface area contributed by atoms with Crippen molar-refractivity contribution in [2.75, 3.05) is 13.2 Å². The van der Waals surface area contributed by atoms with Crippen LogP contribution < -0.4 is 4.72 Å². The maximum Gasteiger partial charge on any atom is 0.338 e. The maximum absolute atomic E-state index is 12.0. The fraction of sp³-hybridized carbons (Fsp3) is 0.176. The number of aliphatic imine (C=N–C) groups is 1. The van der Waals surface area contributed by atoms with Crippen LogP contribution in [0.5, 0.6) is 0 Å². The number of benzene rings is 2. The summed E-state index contributed by atoms with van der Waals surface area (Å²) in [6.45, 7) is 0.555. The van der Waals surface area contributed by atoms with Crippen molar-refractivity contribution < 1.29 is 17.9 Å². The Labute approximate surface area is 154 Å². The van der Waals surface area contributed by atoms with E-state index in [1.54, 1.807) is 48.5 Å². The summed E-state index contributed by atoms with van der Waals surface area (Å²) in [5.41, 5.74) is 1.04. The number of fused-ring (bicyclic) bond motifs is 1. The number of nitrogens with zero attached hydrogens (tertiary/aromatic N) is 1. The first kappa shape index (κ1) is 17.6. The van der Waals surface area contributed by atoms with Crippen LogP contribution in [-0.4, -0.2) is 33.4 Å². The minimum atomic E-state index is -3.52. The summed E-state index contributed by atoms with van der Waals surface area (Å²) in [6.07, 6.45) is 0.496. The van der Waals surface area contributed by atoms with Crippen molar-refractivity contribution >= 4 is 37.8 Å². The molecule has 0 bridgehead atoms. The van der Waals surface area contributed by atoms with E-state index in [-0.39, 0.29) is 11.5 Å². The molecule has 0 saturated heterocycles. The number of halogens is 1. The molecule has 6 nitrogen and oxygen atoms in total. The first-order valence-electron chi connectivity index (χ1n) is 7.57. The molecule has 0 spiro atoms. The van der Waals surface area contributed by atoms with Gasteiger partial charge in [-0.05, 0) is 36.4 Å². The van der Waals surface area contributed by atoms with Gasteiger partial charge in [0.2, 0.25) is 0 Å². The van der Waals surface area contributed by atoms with Crippen molar-refractivity contribution in [2.45, 2.75) is 11.3 Å². The first-order valence-corrected chi connectivity index (χ1v) is 9.84. The highest BCUT2D eigenvalue weighted by Gasteiger charge is 2.29. The van der Waals surface area contributed by atoms with Crippen LogP contribution in [0.2, 0.25) is 0 Å². The Morgan fingerprint density at radius 2 is 1.84 bits per heavy atom. The largest absolute Gasteiger partial charge is 0.462 e. The van der Waals surface area contributed by atoms with E-state index in [0.29, 0.717) is 29.9 Å². The number of carbonyl (C=O) groups is 1. The number of sulfonamides is 1. The molecule has 1 heterocycles. The number of ether oxygens (including phenoxy) is 1. The Hall–Kier alpha value is -2.19. The Bertz CT molecular complexity index is 924. The van der Waals surface area contributed by atoms with Gasteiger partial charge < -0.3 is 4.74 Å². The molecule has 130 valence electrons. The SMILES string of the molecule is O=C(OCCCN=C1NS(=O)(=O)c2ccccc21)c1ccc(Br)cc1. The molecule has 0 amide bonds. The molecule has 0 aromatic heterocycles. The van der Waals surface area contributed by atoms with Crippen LogP contribution in [0.1, 0.15) is 22.3 Å². The molecule has 2 aromatic rings. The van der Waals surface area contributed by atoms with Gasteiger partial charge in [0.25, 0.3) is 10.0 Å². The van der Waals surface area contributed by atoms with E-state index in [4.69, 9.17) is 4.74 Å². The maximum atomic E-state index is 12.0. The van der Waals surface area contributed by atoms with Crippen molar-refractivity contribution in [2.24, 2.45) is 4.99 Å². The fourth-order valence-electron chi connectivity index (χ4n) is 2.34. The van der Waals surface area contributed by atoms with Crippen molar-refractivity contribution in [3.8, 4) is 0 Å². The second-order valence-corrected chi connectivity index (χ2v) is 7.89. The van der Waals surface area contributed by atoms with Crippen LogP contribution in [0.4, 0.5) is 0 Å². The summed E-state index contributed by atoms with van der Waals surface area (Å²) >= 11 is 3.30. The third-order valence-corrected chi connectivity index (χ3v) is 5.47. The molecule has 0 unspecified atom stereocenters. The third kappa shape index (κ3) is 4.08. The van der Waals surface area contributed by atoms with Crippen LogP contribution in [-0.2, 0) is 14.8 Å². The molecule has 0 radical (unpaired) electrons. The predicted molar refractivity (Wildman–Crippen MR) is 97.2 cm³/mol. The van der Waals surface area contributed by atoms with Gasteiger partial charge in [-0.1, -0.05) is 28.1 Å². The van der Waals surface area contributed by atoms with E-state index < -0.39 is 16.0 Å². The molecular formula is C17H15BrN2O4S. The summed E-state index contributed by atoms with van der Waals surface area (Å²) in [4.78, 5) is 16.4. The highest BCUT2D eigenvalue weighted by atomic mass is 79.9. The summed E-state index contributed by atoms with van der Waals surface area (Å²) in [7, 11) is -3.52. The van der Waals surface area contributed by atoms with Crippen LogP contribution in [0.3, 0.4) is 0 Å². The minimum absolute atomic E-state index is 0.208. The molecular weight excluding hydrogens is 408 g/mol. The molecule has 2 aromatic carbocycles. The zero-order valence-electron chi connectivity index (χ0n) is 13.1. The van der Waals surface area contributed by atoms with Crippen LogP contribution >= 0.6 is 15.9 Å². The number of rotatable bonds is 5. The summed E-state index contributed by atoms with van der Waals surface area (Å²) in [6, 6.07) is 13.6. The molecule has 0 atom stereocenters. The molecule has 1 aliphatic heterocycles. The Kier molecular flexibility index (Phi) is 5.19. The van der Waals surface area contributed by atoms with Gasteiger partial charge >= 0.3 is 5.97 Å². The van der Waals surface area contributed by atoms with E-state index in [0.717, 1.165) is 4.47 Å². The third-order valence-electron chi connectivity index (χ3n) is 3.55. The second kappa shape index (κ2) is 7.37. The Balaban J connectivity index is 1.53. The van der Waals surface area contributed by atoms with Crippen LogP contribution in [0.15, 0.2) is 62.9 Å². The zero-order valence-corrected chi connectivity index (χ0v) is 15.5. The van der Waals surface area contributed by atoms with Gasteiger partial charge in [-0.15, -0.1) is 0 Å². The second-order valence-electron chi connectivity index (χ2n) is 5.33. The lowest BCUT2D eigenvalue weighted by atomic mass is 10.2. The van der Waals surface area contributed by atoms with E-state index in [1.807, 2.05) is 0 Å². The lowest BCUT2D eigenvalue weighted by molar-refractivity contribution is 0.0503. The number of esters is 1. The number of carbonyl (C=O) groups excluding carboxylic acids is 1. The Morgan fingerprint density at radius 3 is 2.60 bits per heavy atom. The minimum Gasteiger partial charge on any atom is -0.462 e. The smallest absolute Gasteiger partial charge is 0.338 e. The molecule has 1 aliphatic rings. The van der Waals surface area contributed by atoms with E-state index >= 15 is 0 Å². The quantitative estimate of drug-likeness (QED) is 0.592. The van der Waals surface area contributed by atoms with E-state index in [9.17, 15) is 13.2 Å². The van der Waals surface area contributed by atoms with Gasteiger partial charge in [-0.3, -0.25) is 9.71 Å². The van der Waals surface area contributed by atoms with Crippen molar-refractivity contribution in [1.29, 1.82) is 0 Å². The molecule has 0 aliphatic carbocycles. The summed E-state index contributed by atoms with van der Waals surface area (Å²) < 4.78 is 32.4. The van der Waals surface area contributed by atoms with Gasteiger partial charge in [0.15, 0.2) is 0 Å². The van der Waals surface area contributed by atoms with Crippen LogP contribution in [0.25, 0.3) is 0 Å². The summed E-state index contributed by atoms with van der Waals surface area (Å²) in [5.74, 6) is -0.0677. The lowest BCUT2D eigenvalue weighted by Gasteiger charge is -2.04. The van der Waals surface area contributed by atoms with Gasteiger partial charge in [0.05, 0.1) is 17.1 Å². The molecule has 3 rings (SSSR count). The number of nitrogens with one attached hydrogen (secondary N) is 1. The molecule has 0 fully saturated rings. The highest BCUT2D eigenvalue weighted by molar-refractivity contribution is 9.10. The lowest BCUT2D eigenvalue weighted by Crippen LogP contribution is -2.22. The average Bonchev–Trinajstić information content (AvgIpc) is 2.86. The van der Waals surface area contributed by atoms with Gasteiger partial charge in [0.1, 0.15) is 5.84 Å². The molecule has 1 N–H and O–H groups in total. The molecule has 8 heteroatoms. The van der Waals surface area contributed by atoms with E-state index in [1.165, 1.54) is 0 Å². The number of amidine groups is 1. The monoisotopic (exact) mass is 422 g/mol. The van der Waals surface area contributed by atoms with Crippen molar-refractivity contribution in [1.82, 2.24) is 4.72 Å². The van der Waals surface area contributed by atoms with Crippen molar-refractivity contribution in [3.05, 3.63) is 64.1 Å². The standard InChI is InChI=1S/C17H15BrN2O4S/c18-13-8-6-12(7-9-13)17(21)24-11-3-10-19-16-14-4-1-2-5-15(14)25(22,23)20-16/h1-2,4-9H,3,10-11H2,(H,19,20). The Morgan fingerprint density at radius 1 is 1.12 bits per heavy atom. The van der Waals surface area contributed by atoms with Crippen LogP contribution in [0, 0.1) is 0 Å². The topological polar surface area (TPSA) is 84.8 Å². The average molecular weight is 423 g/mol. The number of hydrogen-bond acceptors (Lipinski definition) is 5. The zero-order chi connectivity index (χ0) is 17.9. The van der Waals surface area contributed by atoms with E-state index in [2.05, 4.69) is 25.6 Å².